The molecule has 0 bridgehead atoms. The largest absolute Gasteiger partial charge is 0.468 e. The van der Waals surface area contributed by atoms with E-state index in [1.165, 1.54) is 7.11 Å². The van der Waals surface area contributed by atoms with E-state index in [0.29, 0.717) is 0 Å². The first-order chi connectivity index (χ1) is 8.17. The van der Waals surface area contributed by atoms with Crippen LogP contribution < -0.4 is 0 Å². The molecule has 3 heteroatoms. The van der Waals surface area contributed by atoms with Crippen LogP contribution in [-0.4, -0.2) is 37.1 Å². The number of hydrogen-bond donors (Lipinski definition) is 0. The second-order valence-corrected chi connectivity index (χ2v) is 4.10. The molecule has 0 aliphatic rings. The summed E-state index contributed by atoms with van der Waals surface area (Å²) in [5, 5.41) is 0. The van der Waals surface area contributed by atoms with E-state index < -0.39 is 0 Å². The highest BCUT2D eigenvalue weighted by atomic mass is 16.5. The van der Waals surface area contributed by atoms with Gasteiger partial charge >= 0.3 is 5.97 Å². The highest BCUT2D eigenvalue weighted by Gasteiger charge is 2.20. The van der Waals surface area contributed by atoms with Crippen molar-refractivity contribution in [2.75, 3.05) is 20.2 Å². The van der Waals surface area contributed by atoms with Gasteiger partial charge in [0.2, 0.25) is 0 Å². The lowest BCUT2D eigenvalue weighted by Crippen LogP contribution is -2.40. The summed E-state index contributed by atoms with van der Waals surface area (Å²) in [7, 11) is 1.44. The molecule has 0 aliphatic heterocycles. The summed E-state index contributed by atoms with van der Waals surface area (Å²) in [4.78, 5) is 13.7. The van der Waals surface area contributed by atoms with Gasteiger partial charge in [0.15, 0.2) is 0 Å². The minimum Gasteiger partial charge on any atom is -0.468 e. The number of nitrogens with zero attached hydrogens (tertiary/aromatic N) is 1. The fourth-order valence-electron chi connectivity index (χ4n) is 1.70. The number of unbranched alkanes of at least 4 members (excludes halogenated alkanes) is 2. The first kappa shape index (κ1) is 15.9. The van der Waals surface area contributed by atoms with Gasteiger partial charge < -0.3 is 4.74 Å². The monoisotopic (exact) mass is 239 g/mol. The SMILES string of the molecule is C=CCCCN(CCCC=C)C(C)C(=O)OC. The van der Waals surface area contributed by atoms with Crippen LogP contribution in [-0.2, 0) is 9.53 Å². The third-order valence-corrected chi connectivity index (χ3v) is 2.80. The van der Waals surface area contributed by atoms with E-state index in [9.17, 15) is 4.79 Å². The molecular weight excluding hydrogens is 214 g/mol. The van der Waals surface area contributed by atoms with Gasteiger partial charge in [-0.15, -0.1) is 13.2 Å². The third kappa shape index (κ3) is 6.95. The lowest BCUT2D eigenvalue weighted by molar-refractivity contribution is -0.146. The molecule has 1 unspecified atom stereocenters. The summed E-state index contributed by atoms with van der Waals surface area (Å²) in [6, 6.07) is -0.172. The zero-order valence-corrected chi connectivity index (χ0v) is 11.2. The van der Waals surface area contributed by atoms with Gasteiger partial charge in [-0.25, -0.2) is 0 Å². The molecule has 1 atom stereocenters. The normalized spacial score (nSPS) is 12.2. The van der Waals surface area contributed by atoms with Crippen molar-refractivity contribution in [1.29, 1.82) is 0 Å². The molecule has 0 saturated heterocycles. The second kappa shape index (κ2) is 10.1. The van der Waals surface area contributed by atoms with Crippen LogP contribution in [0.2, 0.25) is 0 Å². The minimum atomic E-state index is -0.172. The first-order valence-corrected chi connectivity index (χ1v) is 6.21. The summed E-state index contributed by atoms with van der Waals surface area (Å²) in [5.74, 6) is -0.165. The van der Waals surface area contributed by atoms with Gasteiger partial charge in [-0.05, 0) is 45.7 Å². The van der Waals surface area contributed by atoms with Crippen molar-refractivity contribution in [2.24, 2.45) is 0 Å². The van der Waals surface area contributed by atoms with E-state index in [0.717, 1.165) is 38.8 Å². The predicted octanol–water partition coefficient (Wildman–Crippen LogP) is 2.78. The van der Waals surface area contributed by atoms with E-state index >= 15 is 0 Å². The van der Waals surface area contributed by atoms with Crippen LogP contribution >= 0.6 is 0 Å². The maximum atomic E-state index is 11.5. The Balaban J connectivity index is 4.20. The van der Waals surface area contributed by atoms with E-state index in [-0.39, 0.29) is 12.0 Å². The third-order valence-electron chi connectivity index (χ3n) is 2.80. The number of ether oxygens (including phenoxy) is 1. The van der Waals surface area contributed by atoms with Crippen LogP contribution in [0.3, 0.4) is 0 Å². The van der Waals surface area contributed by atoms with Gasteiger partial charge in [-0.1, -0.05) is 12.2 Å². The molecule has 0 amide bonds. The van der Waals surface area contributed by atoms with Crippen molar-refractivity contribution in [3.05, 3.63) is 25.3 Å². The zero-order chi connectivity index (χ0) is 13.1. The number of methoxy groups -OCH3 is 1. The molecule has 0 rings (SSSR count). The molecule has 0 radical (unpaired) electrons. The Bertz CT molecular complexity index is 224. The van der Waals surface area contributed by atoms with Crippen LogP contribution in [0.1, 0.15) is 32.6 Å². The fourth-order valence-corrected chi connectivity index (χ4v) is 1.70. The lowest BCUT2D eigenvalue weighted by Gasteiger charge is -2.26. The average molecular weight is 239 g/mol. The molecule has 98 valence electrons. The number of rotatable bonds is 10. The summed E-state index contributed by atoms with van der Waals surface area (Å²) in [6.07, 6.45) is 7.82. The molecule has 0 spiro atoms. The second-order valence-electron chi connectivity index (χ2n) is 4.10. The van der Waals surface area contributed by atoms with Crippen LogP contribution in [0.4, 0.5) is 0 Å². The Labute approximate surface area is 105 Å². The minimum absolute atomic E-state index is 0.165. The van der Waals surface area contributed by atoms with Crippen molar-refractivity contribution in [1.82, 2.24) is 4.90 Å². The van der Waals surface area contributed by atoms with Crippen molar-refractivity contribution < 1.29 is 9.53 Å². The molecule has 3 nitrogen and oxygen atoms in total. The predicted molar refractivity (Wildman–Crippen MR) is 71.9 cm³/mol. The van der Waals surface area contributed by atoms with Crippen LogP contribution in [0.5, 0.6) is 0 Å². The quantitative estimate of drug-likeness (QED) is 0.333. The summed E-state index contributed by atoms with van der Waals surface area (Å²) < 4.78 is 4.78. The van der Waals surface area contributed by atoms with Gasteiger partial charge in [0.1, 0.15) is 6.04 Å². The Morgan fingerprint density at radius 1 is 1.24 bits per heavy atom. The molecule has 0 aromatic heterocycles. The molecule has 0 aromatic rings. The summed E-state index contributed by atoms with van der Waals surface area (Å²) in [6.45, 7) is 11.1. The Morgan fingerprint density at radius 3 is 2.06 bits per heavy atom. The van der Waals surface area contributed by atoms with Crippen molar-refractivity contribution in [3.63, 3.8) is 0 Å². The van der Waals surface area contributed by atoms with Crippen molar-refractivity contribution in [3.8, 4) is 0 Å². The van der Waals surface area contributed by atoms with Gasteiger partial charge in [0, 0.05) is 0 Å². The maximum Gasteiger partial charge on any atom is 0.322 e. The Morgan fingerprint density at radius 2 is 1.71 bits per heavy atom. The summed E-state index contributed by atoms with van der Waals surface area (Å²) >= 11 is 0. The number of hydrogen-bond acceptors (Lipinski definition) is 3. The molecule has 0 N–H and O–H groups in total. The number of carbonyl (C=O) groups is 1. The maximum absolute atomic E-state index is 11.5. The highest BCUT2D eigenvalue weighted by Crippen LogP contribution is 2.07. The van der Waals surface area contributed by atoms with Crippen molar-refractivity contribution >= 4 is 5.97 Å². The topological polar surface area (TPSA) is 29.5 Å². The molecule has 0 fully saturated rings. The van der Waals surface area contributed by atoms with Crippen LogP contribution in [0, 0.1) is 0 Å². The molecule has 0 aliphatic carbocycles. The van der Waals surface area contributed by atoms with Crippen molar-refractivity contribution in [2.45, 2.75) is 38.6 Å². The number of carbonyl (C=O) groups excluding carboxylic acids is 1. The fraction of sp³-hybridized carbons (Fsp3) is 0.643. The van der Waals surface area contributed by atoms with E-state index in [2.05, 4.69) is 18.1 Å². The Hall–Kier alpha value is -1.09. The van der Waals surface area contributed by atoms with E-state index in [1.54, 1.807) is 0 Å². The van der Waals surface area contributed by atoms with Gasteiger partial charge in [-0.2, -0.15) is 0 Å². The Kier molecular flexibility index (Phi) is 9.44. The van der Waals surface area contributed by atoms with Crippen LogP contribution in [0.15, 0.2) is 25.3 Å². The van der Waals surface area contributed by atoms with Crippen LogP contribution in [0.25, 0.3) is 0 Å². The average Bonchev–Trinajstić information content (AvgIpc) is 2.35. The molecule has 0 heterocycles. The van der Waals surface area contributed by atoms with Gasteiger partial charge in [-0.3, -0.25) is 9.69 Å². The molecule has 0 saturated carbocycles. The smallest absolute Gasteiger partial charge is 0.322 e. The molecule has 17 heavy (non-hydrogen) atoms. The van der Waals surface area contributed by atoms with Gasteiger partial charge in [0.25, 0.3) is 0 Å². The van der Waals surface area contributed by atoms with E-state index in [4.69, 9.17) is 4.74 Å². The lowest BCUT2D eigenvalue weighted by atomic mass is 10.2. The number of allylic oxidation sites excluding steroid dienone is 2. The number of esters is 1. The molecular formula is C14H25NO2. The molecule has 0 aromatic carbocycles. The summed E-state index contributed by atoms with van der Waals surface area (Å²) in [5.41, 5.74) is 0. The highest BCUT2D eigenvalue weighted by molar-refractivity contribution is 5.75. The zero-order valence-electron chi connectivity index (χ0n) is 11.2. The van der Waals surface area contributed by atoms with Gasteiger partial charge in [0.05, 0.1) is 7.11 Å². The standard InChI is InChI=1S/C14H25NO2/c1-5-7-9-11-15(12-10-8-6-2)13(3)14(16)17-4/h5-6,13H,1-2,7-12H2,3-4H3. The first-order valence-electron chi connectivity index (χ1n) is 6.21. The van der Waals surface area contributed by atoms with E-state index in [1.807, 2.05) is 19.1 Å².